The van der Waals surface area contributed by atoms with E-state index in [1.807, 2.05) is 36.4 Å². The van der Waals surface area contributed by atoms with Crippen LogP contribution in [-0.4, -0.2) is 43.5 Å². The molecule has 0 bridgehead atoms. The number of nitrogens with zero attached hydrogens (tertiary/aromatic N) is 2. The molecule has 3 aromatic rings. The molecule has 2 fully saturated rings. The van der Waals surface area contributed by atoms with Gasteiger partial charge in [0, 0.05) is 40.9 Å². The molecule has 2 aliphatic heterocycles. The molecule has 8 heteroatoms. The summed E-state index contributed by atoms with van der Waals surface area (Å²) in [6.45, 7) is 1.93. The number of fused-ring (bicyclic) bond motifs is 1. The van der Waals surface area contributed by atoms with Gasteiger partial charge in [-0.15, -0.1) is 0 Å². The van der Waals surface area contributed by atoms with Crippen molar-refractivity contribution in [2.45, 2.75) is 24.2 Å². The number of para-hydroxylation sites is 1. The summed E-state index contributed by atoms with van der Waals surface area (Å²) >= 11 is 0. The monoisotopic (exact) mass is 411 g/mol. The summed E-state index contributed by atoms with van der Waals surface area (Å²) in [5.41, 5.74) is 3.70. The van der Waals surface area contributed by atoms with Crippen LogP contribution in [0.4, 0.5) is 5.69 Å². The van der Waals surface area contributed by atoms with Crippen molar-refractivity contribution in [2.75, 3.05) is 24.5 Å². The predicted octanol–water partition coefficient (Wildman–Crippen LogP) is 3.29. The van der Waals surface area contributed by atoms with E-state index >= 15 is 0 Å². The van der Waals surface area contributed by atoms with E-state index < -0.39 is 16.0 Å². The average Bonchev–Trinajstić information content (AvgIpc) is 3.47. The molecule has 150 valence electrons. The second-order valence-electron chi connectivity index (χ2n) is 7.39. The molecule has 29 heavy (non-hydrogen) atoms. The molecule has 1 aromatic heterocycles. The van der Waals surface area contributed by atoms with E-state index in [9.17, 15) is 13.2 Å². The minimum Gasteiger partial charge on any atom is -0.371 e. The third kappa shape index (κ3) is 3.18. The van der Waals surface area contributed by atoms with Gasteiger partial charge in [0.1, 0.15) is 0 Å². The fourth-order valence-electron chi connectivity index (χ4n) is 4.02. The molecule has 2 aromatic carbocycles. The number of carbonyl (C=O) groups excluding carboxylic acids is 1. The van der Waals surface area contributed by atoms with E-state index in [2.05, 4.69) is 9.88 Å². The van der Waals surface area contributed by atoms with Gasteiger partial charge in [-0.3, -0.25) is 4.79 Å². The lowest BCUT2D eigenvalue weighted by molar-refractivity contribution is -0.154. The van der Waals surface area contributed by atoms with Gasteiger partial charge in [-0.2, -0.15) is 0 Å². The Morgan fingerprint density at radius 1 is 0.966 bits per heavy atom. The second-order valence-corrected chi connectivity index (χ2v) is 9.22. The molecule has 0 saturated carbocycles. The van der Waals surface area contributed by atoms with Crippen LogP contribution < -0.4 is 4.90 Å². The number of hydrogen-bond donors (Lipinski definition) is 1. The SMILES string of the molecule is O=C1CCN(S(=O)(=O)c2ccc(N3CCCC3)c(-c3cc4ccccc4[nH]3)c2)O1. The number of anilines is 1. The van der Waals surface area contributed by atoms with Crippen LogP contribution in [0, 0.1) is 0 Å². The average molecular weight is 411 g/mol. The van der Waals surface area contributed by atoms with Crippen molar-refractivity contribution in [3.8, 4) is 11.3 Å². The molecule has 7 nitrogen and oxygen atoms in total. The first-order valence-corrected chi connectivity index (χ1v) is 11.2. The lowest BCUT2D eigenvalue weighted by Crippen LogP contribution is -2.27. The van der Waals surface area contributed by atoms with Gasteiger partial charge >= 0.3 is 5.97 Å². The summed E-state index contributed by atoms with van der Waals surface area (Å²) in [6.07, 6.45) is 2.31. The van der Waals surface area contributed by atoms with Crippen molar-refractivity contribution in [1.29, 1.82) is 0 Å². The maximum Gasteiger partial charge on any atom is 0.327 e. The number of aromatic amines is 1. The molecule has 2 aliphatic rings. The Kier molecular flexibility index (Phi) is 4.33. The minimum absolute atomic E-state index is 0.0385. The van der Waals surface area contributed by atoms with E-state index in [1.165, 1.54) is 0 Å². The first-order valence-electron chi connectivity index (χ1n) is 9.73. The molecule has 0 atom stereocenters. The van der Waals surface area contributed by atoms with Crippen molar-refractivity contribution in [3.63, 3.8) is 0 Å². The number of carbonyl (C=O) groups is 1. The first-order chi connectivity index (χ1) is 14.0. The lowest BCUT2D eigenvalue weighted by Gasteiger charge is -2.22. The molecule has 2 saturated heterocycles. The Bertz CT molecular complexity index is 1160. The molecular formula is C21H21N3O4S. The molecule has 0 unspecified atom stereocenters. The highest BCUT2D eigenvalue weighted by Gasteiger charge is 2.34. The van der Waals surface area contributed by atoms with E-state index in [4.69, 9.17) is 4.84 Å². The number of sulfonamides is 1. The Balaban J connectivity index is 1.64. The normalized spacial score (nSPS) is 17.9. The molecule has 3 heterocycles. The van der Waals surface area contributed by atoms with Crippen LogP contribution in [0.15, 0.2) is 53.4 Å². The third-order valence-corrected chi connectivity index (χ3v) is 7.15. The molecular weight excluding hydrogens is 390 g/mol. The van der Waals surface area contributed by atoms with Crippen molar-refractivity contribution in [1.82, 2.24) is 9.45 Å². The van der Waals surface area contributed by atoms with E-state index in [0.29, 0.717) is 0 Å². The summed E-state index contributed by atoms with van der Waals surface area (Å²) in [4.78, 5) is 22.1. The summed E-state index contributed by atoms with van der Waals surface area (Å²) < 4.78 is 26.8. The van der Waals surface area contributed by atoms with Crippen LogP contribution in [0.1, 0.15) is 19.3 Å². The standard InChI is InChI=1S/C21H21N3O4S/c25-21-9-12-24(28-21)29(26,27)16-7-8-20(23-10-3-4-11-23)17(14-16)19-13-15-5-1-2-6-18(15)22-19/h1-2,5-8,13-14,22H,3-4,9-12H2. The molecule has 1 N–H and O–H groups in total. The fraction of sp³-hybridized carbons (Fsp3) is 0.286. The fourth-order valence-corrected chi connectivity index (χ4v) is 5.27. The Morgan fingerprint density at radius 2 is 1.76 bits per heavy atom. The van der Waals surface area contributed by atoms with Gasteiger partial charge in [-0.05, 0) is 47.6 Å². The van der Waals surface area contributed by atoms with Gasteiger partial charge in [0.25, 0.3) is 10.0 Å². The van der Waals surface area contributed by atoms with Crippen molar-refractivity contribution >= 4 is 32.6 Å². The summed E-state index contributed by atoms with van der Waals surface area (Å²) in [7, 11) is -3.91. The third-order valence-electron chi connectivity index (χ3n) is 5.50. The van der Waals surface area contributed by atoms with Gasteiger partial charge in [0.15, 0.2) is 0 Å². The number of nitrogens with one attached hydrogen (secondary N) is 1. The number of hydroxylamine groups is 1. The smallest absolute Gasteiger partial charge is 0.327 e. The van der Waals surface area contributed by atoms with Crippen LogP contribution in [0.3, 0.4) is 0 Å². The molecule has 5 rings (SSSR count). The minimum atomic E-state index is -3.91. The summed E-state index contributed by atoms with van der Waals surface area (Å²) in [5, 5.41) is 1.07. The van der Waals surface area contributed by atoms with E-state index in [0.717, 1.165) is 58.2 Å². The zero-order valence-corrected chi connectivity index (χ0v) is 16.6. The molecule has 0 aliphatic carbocycles. The topological polar surface area (TPSA) is 82.7 Å². The van der Waals surface area contributed by atoms with Gasteiger partial charge < -0.3 is 14.7 Å². The maximum atomic E-state index is 13.0. The van der Waals surface area contributed by atoms with Crippen molar-refractivity contribution in [3.05, 3.63) is 48.5 Å². The summed E-state index contributed by atoms with van der Waals surface area (Å²) in [6, 6.07) is 15.1. The maximum absolute atomic E-state index is 13.0. The molecule has 0 radical (unpaired) electrons. The van der Waals surface area contributed by atoms with Crippen molar-refractivity contribution in [2.24, 2.45) is 0 Å². The highest BCUT2D eigenvalue weighted by atomic mass is 32.2. The van der Waals surface area contributed by atoms with Crippen LogP contribution in [0.25, 0.3) is 22.2 Å². The van der Waals surface area contributed by atoms with Crippen LogP contribution in [0.2, 0.25) is 0 Å². The van der Waals surface area contributed by atoms with Gasteiger partial charge in [-0.1, -0.05) is 18.2 Å². The van der Waals surface area contributed by atoms with Crippen LogP contribution in [0.5, 0.6) is 0 Å². The molecule has 0 spiro atoms. The van der Waals surface area contributed by atoms with E-state index in [1.54, 1.807) is 12.1 Å². The zero-order chi connectivity index (χ0) is 20.0. The highest BCUT2D eigenvalue weighted by Crippen LogP contribution is 2.36. The Hall–Kier alpha value is -2.84. The number of H-pyrrole nitrogens is 1. The lowest BCUT2D eigenvalue weighted by atomic mass is 10.1. The number of aromatic nitrogens is 1. The van der Waals surface area contributed by atoms with Gasteiger partial charge in [-0.25, -0.2) is 8.42 Å². The van der Waals surface area contributed by atoms with Gasteiger partial charge in [0.2, 0.25) is 0 Å². The molecule has 0 amide bonds. The predicted molar refractivity (Wildman–Crippen MR) is 110 cm³/mol. The van der Waals surface area contributed by atoms with Crippen LogP contribution >= 0.6 is 0 Å². The zero-order valence-electron chi connectivity index (χ0n) is 15.8. The van der Waals surface area contributed by atoms with Crippen molar-refractivity contribution < 1.29 is 18.0 Å². The number of hydrogen-bond acceptors (Lipinski definition) is 5. The largest absolute Gasteiger partial charge is 0.371 e. The van der Waals surface area contributed by atoms with E-state index in [-0.39, 0.29) is 17.9 Å². The summed E-state index contributed by atoms with van der Waals surface area (Å²) in [5.74, 6) is -0.530. The number of benzene rings is 2. The Morgan fingerprint density at radius 3 is 2.48 bits per heavy atom. The first kappa shape index (κ1) is 18.2. The second kappa shape index (κ2) is 6.89. The van der Waals surface area contributed by atoms with Gasteiger partial charge in [0.05, 0.1) is 17.9 Å². The highest BCUT2D eigenvalue weighted by molar-refractivity contribution is 7.89. The van der Waals surface area contributed by atoms with Crippen LogP contribution in [-0.2, 0) is 19.7 Å². The quantitative estimate of drug-likeness (QED) is 0.712. The Labute approximate surface area is 168 Å². The number of rotatable bonds is 4.